The van der Waals surface area contributed by atoms with Crippen LogP contribution < -0.4 is 4.90 Å². The van der Waals surface area contributed by atoms with E-state index in [1.165, 1.54) is 75.5 Å². The molecule has 13 rings (SSSR count). The normalized spacial score (nSPS) is 13.5. The molecule has 0 bridgehead atoms. The van der Waals surface area contributed by atoms with Crippen molar-refractivity contribution in [2.24, 2.45) is 0 Å². The van der Waals surface area contributed by atoms with E-state index in [1.807, 2.05) is 11.3 Å². The third-order valence-corrected chi connectivity index (χ3v) is 13.7. The Balaban J connectivity index is 1.22. The highest BCUT2D eigenvalue weighted by Crippen LogP contribution is 2.65. The van der Waals surface area contributed by atoms with Crippen LogP contribution in [0.5, 0.6) is 0 Å². The Hall–Kier alpha value is -6.94. The Morgan fingerprint density at radius 2 is 1.00 bits per heavy atom. The van der Waals surface area contributed by atoms with E-state index in [0.717, 1.165) is 39.0 Å². The van der Waals surface area contributed by atoms with Crippen molar-refractivity contribution in [3.63, 3.8) is 0 Å². The number of para-hydroxylation sites is 1. The fourth-order valence-corrected chi connectivity index (χ4v) is 11.5. The first-order valence-corrected chi connectivity index (χ1v) is 20.1. The predicted molar refractivity (Wildman–Crippen MR) is 235 cm³/mol. The predicted octanol–water partition coefficient (Wildman–Crippen LogP) is 14.9. The molecule has 0 amide bonds. The Bertz CT molecular complexity index is 3410. The lowest BCUT2D eigenvalue weighted by atomic mass is 9.70. The quantitative estimate of drug-likeness (QED) is 0.180. The second kappa shape index (κ2) is 11.1. The lowest BCUT2D eigenvalue weighted by molar-refractivity contribution is 0.673. The molecule has 0 atom stereocenters. The minimum atomic E-state index is -0.447. The van der Waals surface area contributed by atoms with Gasteiger partial charge in [-0.2, -0.15) is 0 Å². The summed E-state index contributed by atoms with van der Waals surface area (Å²) in [6.07, 6.45) is 0. The van der Waals surface area contributed by atoms with Gasteiger partial charge < -0.3 is 9.32 Å². The van der Waals surface area contributed by atoms with E-state index in [4.69, 9.17) is 4.42 Å². The van der Waals surface area contributed by atoms with Gasteiger partial charge in [0.15, 0.2) is 0 Å². The van der Waals surface area contributed by atoms with Gasteiger partial charge in [0.25, 0.3) is 0 Å². The van der Waals surface area contributed by atoms with Crippen LogP contribution in [0, 0.1) is 0 Å². The van der Waals surface area contributed by atoms with Crippen LogP contribution in [-0.4, -0.2) is 0 Å². The lowest BCUT2D eigenvalue weighted by Gasteiger charge is -2.32. The molecule has 0 unspecified atom stereocenters. The molecule has 56 heavy (non-hydrogen) atoms. The number of anilines is 3. The number of nitrogens with zero attached hydrogens (tertiary/aromatic N) is 1. The van der Waals surface area contributed by atoms with Crippen molar-refractivity contribution in [2.75, 3.05) is 4.90 Å². The van der Waals surface area contributed by atoms with Gasteiger partial charge in [0.1, 0.15) is 11.2 Å². The average Bonchev–Trinajstić information content (AvgIpc) is 4.00. The molecule has 2 heterocycles. The Morgan fingerprint density at radius 3 is 1.80 bits per heavy atom. The molecule has 1 spiro atoms. The van der Waals surface area contributed by atoms with Gasteiger partial charge in [-0.05, 0) is 74.7 Å². The first-order chi connectivity index (χ1) is 27.8. The maximum atomic E-state index is 6.79. The standard InChI is InChI=1S/C53H31NOS/c1-2-17-33-32(15-1)16-13-27-44(33)54(46-31-39-36-20-6-11-29-47(36)55-51(39)50-38-22-7-12-30-48(38)56-52(46)50)45-28-14-26-43-49(45)37-21-5-10-25-42(37)53(43)40-23-8-3-18-34(40)35-19-4-9-24-41(35)53/h1-31H. The van der Waals surface area contributed by atoms with Crippen LogP contribution in [0.3, 0.4) is 0 Å². The molecule has 9 aromatic carbocycles. The molecule has 2 nitrogen and oxygen atoms in total. The highest BCUT2D eigenvalue weighted by molar-refractivity contribution is 7.26. The number of hydrogen-bond donors (Lipinski definition) is 0. The zero-order valence-corrected chi connectivity index (χ0v) is 31.0. The van der Waals surface area contributed by atoms with E-state index in [0.29, 0.717) is 0 Å². The summed E-state index contributed by atoms with van der Waals surface area (Å²) in [4.78, 5) is 2.57. The SMILES string of the molecule is c1ccc2c(c1)-c1ccccc1C21c2ccccc2-c2c(N(c3cccc4ccccc34)c3cc4c5ccccc5oc4c4c3sc3ccccc34)cccc21. The molecule has 260 valence electrons. The van der Waals surface area contributed by atoms with Crippen molar-refractivity contribution < 1.29 is 4.42 Å². The van der Waals surface area contributed by atoms with Crippen molar-refractivity contribution in [1.29, 1.82) is 0 Å². The Kier molecular flexibility index (Phi) is 6.01. The second-order valence-corrected chi connectivity index (χ2v) is 16.1. The first kappa shape index (κ1) is 30.4. The number of fused-ring (bicyclic) bond motifs is 18. The van der Waals surface area contributed by atoms with Crippen molar-refractivity contribution in [1.82, 2.24) is 0 Å². The van der Waals surface area contributed by atoms with Crippen LogP contribution in [0.4, 0.5) is 17.1 Å². The van der Waals surface area contributed by atoms with Crippen LogP contribution in [0.25, 0.3) is 75.1 Å². The molecular formula is C53H31NOS. The van der Waals surface area contributed by atoms with Crippen LogP contribution >= 0.6 is 11.3 Å². The van der Waals surface area contributed by atoms with Crippen molar-refractivity contribution in [3.8, 4) is 22.3 Å². The smallest absolute Gasteiger partial charge is 0.144 e. The van der Waals surface area contributed by atoms with Gasteiger partial charge in [-0.15, -0.1) is 11.3 Å². The monoisotopic (exact) mass is 729 g/mol. The summed E-state index contributed by atoms with van der Waals surface area (Å²) in [5.41, 5.74) is 15.4. The number of benzene rings is 9. The molecule has 0 aliphatic heterocycles. The highest BCUT2D eigenvalue weighted by Gasteiger charge is 2.52. The summed E-state index contributed by atoms with van der Waals surface area (Å²) >= 11 is 1.85. The van der Waals surface area contributed by atoms with Gasteiger partial charge in [0.05, 0.1) is 27.2 Å². The summed E-state index contributed by atoms with van der Waals surface area (Å²) in [5.74, 6) is 0. The molecule has 11 aromatic rings. The summed E-state index contributed by atoms with van der Waals surface area (Å²) < 4.78 is 9.24. The summed E-state index contributed by atoms with van der Waals surface area (Å²) in [5, 5.41) is 7.05. The zero-order chi connectivity index (χ0) is 36.5. The highest BCUT2D eigenvalue weighted by atomic mass is 32.1. The zero-order valence-electron chi connectivity index (χ0n) is 30.2. The molecule has 0 radical (unpaired) electrons. The molecule has 0 N–H and O–H groups in total. The maximum absolute atomic E-state index is 6.79. The van der Waals surface area contributed by atoms with E-state index in [2.05, 4.69) is 193 Å². The minimum absolute atomic E-state index is 0.447. The van der Waals surface area contributed by atoms with E-state index < -0.39 is 5.41 Å². The first-order valence-electron chi connectivity index (χ1n) is 19.3. The molecular weight excluding hydrogens is 699 g/mol. The topological polar surface area (TPSA) is 16.4 Å². The Morgan fingerprint density at radius 1 is 0.429 bits per heavy atom. The van der Waals surface area contributed by atoms with Crippen LogP contribution in [-0.2, 0) is 5.41 Å². The largest absolute Gasteiger partial charge is 0.455 e. The maximum Gasteiger partial charge on any atom is 0.144 e. The summed E-state index contributed by atoms with van der Waals surface area (Å²) in [7, 11) is 0. The molecule has 2 aromatic heterocycles. The van der Waals surface area contributed by atoms with Crippen LogP contribution in [0.15, 0.2) is 192 Å². The van der Waals surface area contributed by atoms with Gasteiger partial charge in [0.2, 0.25) is 0 Å². The van der Waals surface area contributed by atoms with Gasteiger partial charge in [-0.1, -0.05) is 158 Å². The van der Waals surface area contributed by atoms with Crippen molar-refractivity contribution >= 4 is 81.3 Å². The summed E-state index contributed by atoms with van der Waals surface area (Å²) in [6, 6.07) is 69.5. The van der Waals surface area contributed by atoms with E-state index >= 15 is 0 Å². The van der Waals surface area contributed by atoms with E-state index in [1.54, 1.807) is 0 Å². The number of thiophene rings is 1. The molecule has 0 fully saturated rings. The third-order valence-electron chi connectivity index (χ3n) is 12.5. The summed E-state index contributed by atoms with van der Waals surface area (Å²) in [6.45, 7) is 0. The molecule has 2 aliphatic rings. The Labute approximate surface area is 327 Å². The van der Waals surface area contributed by atoms with Crippen LogP contribution in [0.1, 0.15) is 22.3 Å². The minimum Gasteiger partial charge on any atom is -0.455 e. The molecule has 0 saturated carbocycles. The van der Waals surface area contributed by atoms with Crippen molar-refractivity contribution in [2.45, 2.75) is 5.41 Å². The number of furan rings is 1. The average molecular weight is 730 g/mol. The van der Waals surface area contributed by atoms with Gasteiger partial charge in [-0.3, -0.25) is 0 Å². The van der Waals surface area contributed by atoms with Gasteiger partial charge >= 0.3 is 0 Å². The second-order valence-electron chi connectivity index (χ2n) is 15.1. The fourth-order valence-electron chi connectivity index (χ4n) is 10.3. The number of hydrogen-bond acceptors (Lipinski definition) is 3. The van der Waals surface area contributed by atoms with Crippen molar-refractivity contribution in [3.05, 3.63) is 210 Å². The fraction of sp³-hybridized carbons (Fsp3) is 0.0189. The van der Waals surface area contributed by atoms with Gasteiger partial charge in [0, 0.05) is 37.2 Å². The number of rotatable bonds is 3. The molecule has 3 heteroatoms. The lowest BCUT2D eigenvalue weighted by Crippen LogP contribution is -2.26. The molecule has 2 aliphatic carbocycles. The van der Waals surface area contributed by atoms with Gasteiger partial charge in [-0.25, -0.2) is 0 Å². The van der Waals surface area contributed by atoms with E-state index in [9.17, 15) is 0 Å². The van der Waals surface area contributed by atoms with E-state index in [-0.39, 0.29) is 0 Å². The van der Waals surface area contributed by atoms with Crippen LogP contribution in [0.2, 0.25) is 0 Å². The molecule has 0 saturated heterocycles. The third kappa shape index (κ3) is 3.75.